The van der Waals surface area contributed by atoms with Crippen LogP contribution in [0.3, 0.4) is 0 Å². The molecule has 0 aromatic heterocycles. The fourth-order valence-corrected chi connectivity index (χ4v) is 1.83. The molecule has 0 saturated carbocycles. The number of halogens is 1. The molecule has 0 N–H and O–H groups in total. The van der Waals surface area contributed by atoms with Gasteiger partial charge in [0.15, 0.2) is 11.5 Å². The molecule has 0 aliphatic rings. The van der Waals surface area contributed by atoms with Gasteiger partial charge in [0, 0.05) is 6.07 Å². The zero-order valence-electron chi connectivity index (χ0n) is 11.3. The number of hydrogen-bond acceptors (Lipinski definition) is 3. The van der Waals surface area contributed by atoms with E-state index in [1.165, 1.54) is 12.1 Å². The van der Waals surface area contributed by atoms with Crippen LogP contribution in [0, 0.1) is 17.1 Å². The van der Waals surface area contributed by atoms with E-state index in [9.17, 15) is 4.39 Å². The number of hydrogen-bond donors (Lipinski definition) is 0. The molecule has 0 radical (unpaired) electrons. The van der Waals surface area contributed by atoms with Gasteiger partial charge in [-0.15, -0.1) is 0 Å². The maximum atomic E-state index is 13.4. The summed E-state index contributed by atoms with van der Waals surface area (Å²) in [5.41, 5.74) is 1.33. The van der Waals surface area contributed by atoms with Gasteiger partial charge in [0.05, 0.1) is 18.7 Å². The Morgan fingerprint density at radius 3 is 2.60 bits per heavy atom. The van der Waals surface area contributed by atoms with Gasteiger partial charge in [0.1, 0.15) is 11.6 Å². The summed E-state index contributed by atoms with van der Waals surface area (Å²) in [6.45, 7) is 2.04. The molecule has 0 aliphatic carbocycles. The largest absolute Gasteiger partial charge is 0.493 e. The number of ether oxygens (including phenoxy) is 2. The van der Waals surface area contributed by atoms with E-state index in [0.29, 0.717) is 11.5 Å². The van der Waals surface area contributed by atoms with Crippen molar-refractivity contribution in [3.8, 4) is 23.3 Å². The Morgan fingerprint density at radius 2 is 1.95 bits per heavy atom. The molecule has 0 saturated heterocycles. The van der Waals surface area contributed by atoms with Gasteiger partial charge in [0.25, 0.3) is 0 Å². The third-order valence-corrected chi connectivity index (χ3v) is 2.86. The summed E-state index contributed by atoms with van der Waals surface area (Å²) in [6, 6.07) is 11.3. The summed E-state index contributed by atoms with van der Waals surface area (Å²) < 4.78 is 24.2. The van der Waals surface area contributed by atoms with Crippen molar-refractivity contribution in [3.05, 3.63) is 53.3 Å². The molecule has 2 aromatic rings. The van der Waals surface area contributed by atoms with Crippen molar-refractivity contribution in [2.24, 2.45) is 0 Å². The zero-order valence-corrected chi connectivity index (χ0v) is 11.3. The lowest BCUT2D eigenvalue weighted by atomic mass is 10.1. The van der Waals surface area contributed by atoms with Gasteiger partial charge >= 0.3 is 0 Å². The first kappa shape index (κ1) is 13.9. The van der Waals surface area contributed by atoms with E-state index in [4.69, 9.17) is 14.7 Å². The molecule has 0 heterocycles. The van der Waals surface area contributed by atoms with Gasteiger partial charge in [-0.3, -0.25) is 0 Å². The van der Waals surface area contributed by atoms with E-state index < -0.39 is 5.82 Å². The lowest BCUT2D eigenvalue weighted by Crippen LogP contribution is -1.93. The summed E-state index contributed by atoms with van der Waals surface area (Å²) in [7, 11) is 1.55. The Labute approximate surface area is 117 Å². The van der Waals surface area contributed by atoms with E-state index in [0.717, 1.165) is 18.1 Å². The van der Waals surface area contributed by atoms with Gasteiger partial charge in [-0.25, -0.2) is 4.39 Å². The fraction of sp³-hybridized carbons (Fsp3) is 0.188. The normalized spacial score (nSPS) is 9.90. The monoisotopic (exact) mass is 271 g/mol. The number of methoxy groups -OCH3 is 1. The highest BCUT2D eigenvalue weighted by Gasteiger charge is 2.08. The highest BCUT2D eigenvalue weighted by atomic mass is 19.1. The number of rotatable bonds is 4. The minimum absolute atomic E-state index is 0.212. The Morgan fingerprint density at radius 1 is 1.15 bits per heavy atom. The first-order valence-electron chi connectivity index (χ1n) is 6.21. The molecule has 0 fully saturated rings. The van der Waals surface area contributed by atoms with Crippen LogP contribution >= 0.6 is 0 Å². The first-order chi connectivity index (χ1) is 9.66. The standard InChI is InChI=1S/C16H14FNO2/c1-3-11-4-5-15(16(8-11)19-2)20-14-7-12(10-18)6-13(17)9-14/h4-9H,3H2,1-2H3. The Bertz CT molecular complexity index is 662. The predicted octanol–water partition coefficient (Wildman–Crippen LogP) is 4.06. The average molecular weight is 271 g/mol. The van der Waals surface area contributed by atoms with Crippen LogP contribution in [0.15, 0.2) is 36.4 Å². The van der Waals surface area contributed by atoms with E-state index >= 15 is 0 Å². The van der Waals surface area contributed by atoms with Crippen molar-refractivity contribution < 1.29 is 13.9 Å². The minimum Gasteiger partial charge on any atom is -0.493 e. The Kier molecular flexibility index (Phi) is 4.21. The van der Waals surface area contributed by atoms with Crippen LogP contribution in [0.1, 0.15) is 18.1 Å². The molecule has 0 spiro atoms. The molecule has 0 amide bonds. The second kappa shape index (κ2) is 6.07. The van der Waals surface area contributed by atoms with Crippen LogP contribution < -0.4 is 9.47 Å². The van der Waals surface area contributed by atoms with Crippen LogP contribution in [-0.4, -0.2) is 7.11 Å². The number of nitrogens with zero attached hydrogens (tertiary/aromatic N) is 1. The highest BCUT2D eigenvalue weighted by Crippen LogP contribution is 2.33. The van der Waals surface area contributed by atoms with Crippen LogP contribution in [-0.2, 0) is 6.42 Å². The molecule has 20 heavy (non-hydrogen) atoms. The molecule has 2 rings (SSSR count). The van der Waals surface area contributed by atoms with Gasteiger partial charge in [-0.1, -0.05) is 13.0 Å². The molecule has 0 unspecified atom stereocenters. The SMILES string of the molecule is CCc1ccc(Oc2cc(F)cc(C#N)c2)c(OC)c1. The predicted molar refractivity (Wildman–Crippen MR) is 73.6 cm³/mol. The van der Waals surface area contributed by atoms with Crippen molar-refractivity contribution in [1.82, 2.24) is 0 Å². The quantitative estimate of drug-likeness (QED) is 0.842. The molecule has 0 atom stereocenters. The molecular weight excluding hydrogens is 257 g/mol. The zero-order chi connectivity index (χ0) is 14.5. The van der Waals surface area contributed by atoms with Gasteiger partial charge in [-0.05, 0) is 36.2 Å². The molecule has 3 nitrogen and oxygen atoms in total. The van der Waals surface area contributed by atoms with E-state index in [1.54, 1.807) is 13.2 Å². The maximum absolute atomic E-state index is 13.4. The molecule has 0 bridgehead atoms. The third-order valence-electron chi connectivity index (χ3n) is 2.86. The Hall–Kier alpha value is -2.54. The van der Waals surface area contributed by atoms with Crippen molar-refractivity contribution >= 4 is 0 Å². The Balaban J connectivity index is 2.35. The second-order valence-corrected chi connectivity index (χ2v) is 4.23. The summed E-state index contributed by atoms with van der Waals surface area (Å²) in [6.07, 6.45) is 0.884. The van der Waals surface area contributed by atoms with E-state index in [2.05, 4.69) is 0 Å². The molecule has 0 aliphatic heterocycles. The van der Waals surface area contributed by atoms with Gasteiger partial charge in [0.2, 0.25) is 0 Å². The second-order valence-electron chi connectivity index (χ2n) is 4.23. The topological polar surface area (TPSA) is 42.2 Å². The van der Waals surface area contributed by atoms with Crippen molar-refractivity contribution in [1.29, 1.82) is 5.26 Å². The third kappa shape index (κ3) is 3.07. The molecular formula is C16H14FNO2. The summed E-state index contributed by atoms with van der Waals surface area (Å²) in [5, 5.41) is 8.82. The number of aryl methyl sites for hydroxylation is 1. The molecule has 102 valence electrons. The smallest absolute Gasteiger partial charge is 0.169 e. The average Bonchev–Trinajstić information content (AvgIpc) is 2.47. The van der Waals surface area contributed by atoms with Gasteiger partial charge < -0.3 is 9.47 Å². The number of nitriles is 1. The fourth-order valence-electron chi connectivity index (χ4n) is 1.83. The van der Waals surface area contributed by atoms with E-state index in [1.807, 2.05) is 25.1 Å². The summed E-state index contributed by atoms with van der Waals surface area (Å²) in [5.74, 6) is 0.818. The number of benzene rings is 2. The van der Waals surface area contributed by atoms with Crippen LogP contribution in [0.25, 0.3) is 0 Å². The van der Waals surface area contributed by atoms with Crippen LogP contribution in [0.2, 0.25) is 0 Å². The van der Waals surface area contributed by atoms with E-state index in [-0.39, 0.29) is 11.3 Å². The summed E-state index contributed by atoms with van der Waals surface area (Å²) >= 11 is 0. The molecule has 4 heteroatoms. The lowest BCUT2D eigenvalue weighted by molar-refractivity contribution is 0.377. The lowest BCUT2D eigenvalue weighted by Gasteiger charge is -2.11. The van der Waals surface area contributed by atoms with Crippen LogP contribution in [0.5, 0.6) is 17.2 Å². The van der Waals surface area contributed by atoms with Crippen molar-refractivity contribution in [2.75, 3.05) is 7.11 Å². The highest BCUT2D eigenvalue weighted by molar-refractivity contribution is 5.46. The van der Waals surface area contributed by atoms with Crippen molar-refractivity contribution in [2.45, 2.75) is 13.3 Å². The summed E-state index contributed by atoms with van der Waals surface area (Å²) in [4.78, 5) is 0. The molecule has 2 aromatic carbocycles. The first-order valence-corrected chi connectivity index (χ1v) is 6.21. The van der Waals surface area contributed by atoms with Crippen LogP contribution in [0.4, 0.5) is 4.39 Å². The minimum atomic E-state index is -0.511. The maximum Gasteiger partial charge on any atom is 0.169 e. The van der Waals surface area contributed by atoms with Crippen molar-refractivity contribution in [3.63, 3.8) is 0 Å². The van der Waals surface area contributed by atoms with Gasteiger partial charge in [-0.2, -0.15) is 5.26 Å².